The standard InChI is InChI=1S/C19H22N4OS3/c1-14-8-9-16(26-14)12-23(11-10-15-6-4-3-5-7-15)17(24)13-25-19-22-21-18(20-2)27-19/h3-9H,10-13H2,1-2H3,(H,20,21). The first-order chi connectivity index (χ1) is 13.1. The molecule has 2 aromatic heterocycles. The number of benzene rings is 1. The fraction of sp³-hybridized carbons (Fsp3) is 0.316. The molecular formula is C19H22N4OS3. The first-order valence-corrected chi connectivity index (χ1v) is 11.3. The highest BCUT2D eigenvalue weighted by molar-refractivity contribution is 8.01. The molecule has 27 heavy (non-hydrogen) atoms. The zero-order chi connectivity index (χ0) is 19.1. The zero-order valence-electron chi connectivity index (χ0n) is 15.3. The molecule has 0 fully saturated rings. The van der Waals surface area contributed by atoms with Crippen LogP contribution in [0.5, 0.6) is 0 Å². The van der Waals surface area contributed by atoms with Gasteiger partial charge in [-0.1, -0.05) is 53.4 Å². The molecule has 0 atom stereocenters. The molecule has 1 amide bonds. The van der Waals surface area contributed by atoms with Gasteiger partial charge < -0.3 is 10.2 Å². The largest absolute Gasteiger partial charge is 0.363 e. The highest BCUT2D eigenvalue weighted by Gasteiger charge is 2.16. The summed E-state index contributed by atoms with van der Waals surface area (Å²) in [6.07, 6.45) is 0.852. The molecule has 5 nitrogen and oxygen atoms in total. The Bertz CT molecular complexity index is 863. The van der Waals surface area contributed by atoms with E-state index < -0.39 is 0 Å². The third-order valence-corrected chi connectivity index (χ3v) is 6.99. The summed E-state index contributed by atoms with van der Waals surface area (Å²) >= 11 is 4.66. The predicted molar refractivity (Wildman–Crippen MR) is 115 cm³/mol. The van der Waals surface area contributed by atoms with Crippen molar-refractivity contribution in [3.63, 3.8) is 0 Å². The Labute approximate surface area is 171 Å². The third-order valence-electron chi connectivity index (χ3n) is 3.95. The number of aryl methyl sites for hydroxylation is 1. The molecule has 3 aromatic rings. The van der Waals surface area contributed by atoms with Crippen LogP contribution in [0.15, 0.2) is 46.8 Å². The highest BCUT2D eigenvalue weighted by Crippen LogP contribution is 2.26. The highest BCUT2D eigenvalue weighted by atomic mass is 32.2. The van der Waals surface area contributed by atoms with Crippen molar-refractivity contribution in [3.05, 3.63) is 57.8 Å². The van der Waals surface area contributed by atoms with Crippen LogP contribution in [0.3, 0.4) is 0 Å². The minimum Gasteiger partial charge on any atom is -0.363 e. The van der Waals surface area contributed by atoms with Gasteiger partial charge in [-0.05, 0) is 31.0 Å². The Morgan fingerprint density at radius 2 is 1.96 bits per heavy atom. The zero-order valence-corrected chi connectivity index (χ0v) is 17.8. The van der Waals surface area contributed by atoms with Crippen LogP contribution in [-0.4, -0.2) is 40.3 Å². The van der Waals surface area contributed by atoms with Gasteiger partial charge in [0.2, 0.25) is 11.0 Å². The van der Waals surface area contributed by atoms with Gasteiger partial charge in [0, 0.05) is 23.3 Å². The molecule has 142 valence electrons. The predicted octanol–water partition coefficient (Wildman–Crippen LogP) is 4.31. The average molecular weight is 419 g/mol. The molecule has 0 aliphatic rings. The second kappa shape index (κ2) is 9.87. The number of carbonyl (C=O) groups excluding carboxylic acids is 1. The number of amides is 1. The van der Waals surface area contributed by atoms with Gasteiger partial charge in [-0.3, -0.25) is 4.79 Å². The molecule has 0 aliphatic carbocycles. The Hall–Kier alpha value is -1.90. The van der Waals surface area contributed by atoms with E-state index in [0.717, 1.165) is 15.9 Å². The van der Waals surface area contributed by atoms with Crippen LogP contribution in [-0.2, 0) is 17.8 Å². The normalized spacial score (nSPS) is 10.7. The van der Waals surface area contributed by atoms with E-state index in [1.807, 2.05) is 30.1 Å². The maximum absolute atomic E-state index is 12.9. The van der Waals surface area contributed by atoms with Gasteiger partial charge in [0.25, 0.3) is 0 Å². The maximum atomic E-state index is 12.9. The van der Waals surface area contributed by atoms with Gasteiger partial charge in [0.05, 0.1) is 12.3 Å². The number of aromatic nitrogens is 2. The Morgan fingerprint density at radius 1 is 1.15 bits per heavy atom. The minimum atomic E-state index is 0.128. The van der Waals surface area contributed by atoms with Crippen molar-refractivity contribution < 1.29 is 4.79 Å². The molecule has 0 spiro atoms. The number of nitrogens with zero attached hydrogens (tertiary/aromatic N) is 3. The number of thioether (sulfide) groups is 1. The molecule has 3 rings (SSSR count). The molecule has 0 saturated heterocycles. The van der Waals surface area contributed by atoms with Crippen LogP contribution in [0.25, 0.3) is 0 Å². The van der Waals surface area contributed by atoms with Crippen LogP contribution >= 0.6 is 34.4 Å². The molecule has 2 heterocycles. The summed E-state index contributed by atoms with van der Waals surface area (Å²) in [5.41, 5.74) is 1.24. The van der Waals surface area contributed by atoms with Gasteiger partial charge in [0.1, 0.15) is 0 Å². The molecule has 0 saturated carbocycles. The molecule has 8 heteroatoms. The molecule has 1 N–H and O–H groups in total. The monoisotopic (exact) mass is 418 g/mol. The van der Waals surface area contributed by atoms with Gasteiger partial charge in [0.15, 0.2) is 4.34 Å². The average Bonchev–Trinajstić information content (AvgIpc) is 3.32. The Kier molecular flexibility index (Phi) is 7.25. The van der Waals surface area contributed by atoms with Crippen molar-refractivity contribution in [2.75, 3.05) is 24.7 Å². The first kappa shape index (κ1) is 19.9. The van der Waals surface area contributed by atoms with Crippen molar-refractivity contribution in [1.29, 1.82) is 0 Å². The molecule has 0 aliphatic heterocycles. The second-order valence-corrected chi connectivity index (χ2v) is 9.55. The molecule has 0 bridgehead atoms. The summed E-state index contributed by atoms with van der Waals surface area (Å²) in [6.45, 7) is 3.45. The molecule has 0 radical (unpaired) electrons. The van der Waals surface area contributed by atoms with Gasteiger partial charge in [-0.2, -0.15) is 0 Å². The number of carbonyl (C=O) groups is 1. The van der Waals surface area contributed by atoms with Crippen LogP contribution in [0, 0.1) is 6.92 Å². The number of hydrogen-bond donors (Lipinski definition) is 1. The van der Waals surface area contributed by atoms with Crippen molar-refractivity contribution in [1.82, 2.24) is 15.1 Å². The van der Waals surface area contributed by atoms with E-state index in [4.69, 9.17) is 0 Å². The molecule has 0 unspecified atom stereocenters. The van der Waals surface area contributed by atoms with Gasteiger partial charge >= 0.3 is 0 Å². The lowest BCUT2D eigenvalue weighted by atomic mass is 10.1. The SMILES string of the molecule is CNc1nnc(SCC(=O)N(CCc2ccccc2)Cc2ccc(C)s2)s1. The van der Waals surface area contributed by atoms with E-state index >= 15 is 0 Å². The van der Waals surface area contributed by atoms with Gasteiger partial charge in [-0.25, -0.2) is 0 Å². The summed E-state index contributed by atoms with van der Waals surface area (Å²) in [5, 5.41) is 11.8. The van der Waals surface area contributed by atoms with Crippen molar-refractivity contribution in [2.45, 2.75) is 24.2 Å². The number of hydrogen-bond acceptors (Lipinski definition) is 7. The van der Waals surface area contributed by atoms with E-state index in [1.54, 1.807) is 11.3 Å². The van der Waals surface area contributed by atoms with Crippen LogP contribution < -0.4 is 5.32 Å². The smallest absolute Gasteiger partial charge is 0.233 e. The minimum absolute atomic E-state index is 0.128. The summed E-state index contributed by atoms with van der Waals surface area (Å²) in [7, 11) is 1.81. The number of rotatable bonds is 9. The third kappa shape index (κ3) is 6.05. The lowest BCUT2D eigenvalue weighted by Gasteiger charge is -2.22. The van der Waals surface area contributed by atoms with Crippen molar-refractivity contribution in [2.24, 2.45) is 0 Å². The Balaban J connectivity index is 1.62. The van der Waals surface area contributed by atoms with Crippen molar-refractivity contribution in [3.8, 4) is 0 Å². The fourth-order valence-electron chi connectivity index (χ4n) is 2.54. The summed E-state index contributed by atoms with van der Waals surface area (Å²) in [5.74, 6) is 0.500. The number of anilines is 1. The molecule has 1 aromatic carbocycles. The number of nitrogens with one attached hydrogen (secondary N) is 1. The van der Waals surface area contributed by atoms with E-state index in [-0.39, 0.29) is 5.91 Å². The summed E-state index contributed by atoms with van der Waals surface area (Å²) < 4.78 is 0.808. The summed E-state index contributed by atoms with van der Waals surface area (Å²) in [4.78, 5) is 17.3. The number of thiophene rings is 1. The summed E-state index contributed by atoms with van der Waals surface area (Å²) in [6, 6.07) is 14.5. The van der Waals surface area contributed by atoms with Crippen LogP contribution in [0.4, 0.5) is 5.13 Å². The molecular weight excluding hydrogens is 396 g/mol. The van der Waals surface area contributed by atoms with E-state index in [0.29, 0.717) is 18.8 Å². The first-order valence-electron chi connectivity index (χ1n) is 8.65. The van der Waals surface area contributed by atoms with Crippen LogP contribution in [0.2, 0.25) is 0 Å². The fourth-order valence-corrected chi connectivity index (χ4v) is 5.06. The van der Waals surface area contributed by atoms with E-state index in [1.165, 1.54) is 38.4 Å². The lowest BCUT2D eigenvalue weighted by molar-refractivity contribution is -0.128. The quantitative estimate of drug-likeness (QED) is 0.525. The van der Waals surface area contributed by atoms with Crippen LogP contribution in [0.1, 0.15) is 15.3 Å². The van der Waals surface area contributed by atoms with Gasteiger partial charge in [-0.15, -0.1) is 21.5 Å². The van der Waals surface area contributed by atoms with Crippen molar-refractivity contribution >= 4 is 45.5 Å². The van der Waals surface area contributed by atoms with E-state index in [2.05, 4.69) is 46.7 Å². The topological polar surface area (TPSA) is 58.1 Å². The van der Waals surface area contributed by atoms with E-state index in [9.17, 15) is 4.79 Å². The maximum Gasteiger partial charge on any atom is 0.233 e. The lowest BCUT2D eigenvalue weighted by Crippen LogP contribution is -2.33. The second-order valence-electron chi connectivity index (χ2n) is 5.98. The Morgan fingerprint density at radius 3 is 2.63 bits per heavy atom.